The van der Waals surface area contributed by atoms with Crippen LogP contribution in [0.4, 0.5) is 26.3 Å². The summed E-state index contributed by atoms with van der Waals surface area (Å²) in [5, 5.41) is 0. The van der Waals surface area contributed by atoms with Crippen molar-refractivity contribution in [1.82, 2.24) is 4.98 Å². The normalized spacial score (nSPS) is 12.1. The van der Waals surface area contributed by atoms with Crippen molar-refractivity contribution in [2.45, 2.75) is 12.5 Å². The van der Waals surface area contributed by atoms with Crippen LogP contribution in [-0.2, 0) is 6.18 Å². The van der Waals surface area contributed by atoms with Gasteiger partial charge in [0.1, 0.15) is 17.2 Å². The van der Waals surface area contributed by atoms with E-state index in [2.05, 4.69) is 9.72 Å². The van der Waals surface area contributed by atoms with Gasteiger partial charge in [-0.2, -0.15) is 13.2 Å². The van der Waals surface area contributed by atoms with Gasteiger partial charge in [-0.05, 0) is 18.2 Å². The molecular formula is C14H9F6NO2. The number of benzene rings is 1. The number of methoxy groups -OCH3 is 1. The van der Waals surface area contributed by atoms with Gasteiger partial charge in [0.2, 0.25) is 0 Å². The molecule has 0 atom stereocenters. The largest absolute Gasteiger partial charge is 0.573 e. The first-order valence-electron chi connectivity index (χ1n) is 6.07. The van der Waals surface area contributed by atoms with E-state index in [0.29, 0.717) is 6.20 Å². The molecule has 0 amide bonds. The van der Waals surface area contributed by atoms with E-state index in [1.807, 2.05) is 0 Å². The standard InChI is InChI=1S/C14H9F6NO2/c1-22-11-6-9(13(15,16)17)7-21-12(11)8-3-2-4-10(5-8)23-14(18,19)20/h2-7H,1H3. The zero-order chi connectivity index (χ0) is 17.3. The summed E-state index contributed by atoms with van der Waals surface area (Å²) in [5.74, 6) is -0.734. The molecule has 0 saturated carbocycles. The minimum Gasteiger partial charge on any atom is -0.494 e. The minimum atomic E-state index is -4.88. The summed E-state index contributed by atoms with van der Waals surface area (Å²) in [6.45, 7) is 0. The fraction of sp³-hybridized carbons (Fsp3) is 0.214. The highest BCUT2D eigenvalue weighted by Crippen LogP contribution is 2.36. The molecule has 124 valence electrons. The molecule has 3 nitrogen and oxygen atoms in total. The maximum atomic E-state index is 12.6. The molecule has 0 radical (unpaired) electrons. The van der Waals surface area contributed by atoms with Gasteiger partial charge in [0, 0.05) is 11.8 Å². The highest BCUT2D eigenvalue weighted by molar-refractivity contribution is 5.68. The lowest BCUT2D eigenvalue weighted by molar-refractivity contribution is -0.274. The third-order valence-electron chi connectivity index (χ3n) is 2.74. The second-order valence-electron chi connectivity index (χ2n) is 4.35. The average molecular weight is 337 g/mol. The first kappa shape index (κ1) is 16.9. The van der Waals surface area contributed by atoms with Crippen molar-refractivity contribution in [3.05, 3.63) is 42.1 Å². The van der Waals surface area contributed by atoms with Gasteiger partial charge in [0.25, 0.3) is 0 Å². The number of hydrogen-bond donors (Lipinski definition) is 0. The maximum Gasteiger partial charge on any atom is 0.573 e. The highest BCUT2D eigenvalue weighted by atomic mass is 19.4. The molecule has 0 aliphatic carbocycles. The predicted molar refractivity (Wildman–Crippen MR) is 67.9 cm³/mol. The molecule has 0 fully saturated rings. The number of nitrogens with zero attached hydrogens (tertiary/aromatic N) is 1. The lowest BCUT2D eigenvalue weighted by Gasteiger charge is -2.13. The average Bonchev–Trinajstić information content (AvgIpc) is 2.44. The van der Waals surface area contributed by atoms with Gasteiger partial charge in [-0.1, -0.05) is 12.1 Å². The van der Waals surface area contributed by atoms with Crippen LogP contribution in [0, 0.1) is 0 Å². The molecule has 0 bridgehead atoms. The second-order valence-corrected chi connectivity index (χ2v) is 4.35. The highest BCUT2D eigenvalue weighted by Gasteiger charge is 2.33. The number of alkyl halides is 6. The molecule has 23 heavy (non-hydrogen) atoms. The third-order valence-corrected chi connectivity index (χ3v) is 2.74. The van der Waals surface area contributed by atoms with Gasteiger partial charge >= 0.3 is 12.5 Å². The van der Waals surface area contributed by atoms with E-state index in [4.69, 9.17) is 4.74 Å². The van der Waals surface area contributed by atoms with Gasteiger partial charge in [0.05, 0.1) is 12.7 Å². The zero-order valence-electron chi connectivity index (χ0n) is 11.5. The number of halogens is 6. The van der Waals surface area contributed by atoms with E-state index in [9.17, 15) is 26.3 Å². The summed E-state index contributed by atoms with van der Waals surface area (Å²) in [7, 11) is 1.14. The molecule has 0 N–H and O–H groups in total. The van der Waals surface area contributed by atoms with Crippen LogP contribution in [0.1, 0.15) is 5.56 Å². The van der Waals surface area contributed by atoms with Gasteiger partial charge in [0.15, 0.2) is 0 Å². The van der Waals surface area contributed by atoms with Crippen LogP contribution in [0.15, 0.2) is 36.5 Å². The Labute approximate surface area is 126 Å². The number of rotatable bonds is 3. The molecule has 1 aromatic carbocycles. The minimum absolute atomic E-state index is 0.0341. The number of pyridine rings is 1. The fourth-order valence-corrected chi connectivity index (χ4v) is 1.81. The maximum absolute atomic E-state index is 12.6. The number of ether oxygens (including phenoxy) is 2. The summed E-state index contributed by atoms with van der Waals surface area (Å²) in [6, 6.07) is 5.43. The smallest absolute Gasteiger partial charge is 0.494 e. The van der Waals surface area contributed by atoms with Crippen LogP contribution in [0.25, 0.3) is 11.3 Å². The fourth-order valence-electron chi connectivity index (χ4n) is 1.81. The molecule has 2 aromatic rings. The summed E-state index contributed by atoms with van der Waals surface area (Å²) in [4.78, 5) is 3.64. The summed E-state index contributed by atoms with van der Waals surface area (Å²) in [6.07, 6.45) is -8.91. The van der Waals surface area contributed by atoms with Crippen molar-refractivity contribution in [1.29, 1.82) is 0 Å². The SMILES string of the molecule is COc1cc(C(F)(F)F)cnc1-c1cccc(OC(F)(F)F)c1. The summed E-state index contributed by atoms with van der Waals surface area (Å²) in [5.41, 5.74) is -0.939. The monoisotopic (exact) mass is 337 g/mol. The van der Waals surface area contributed by atoms with E-state index in [0.717, 1.165) is 25.3 Å². The van der Waals surface area contributed by atoms with Gasteiger partial charge in [-0.25, -0.2) is 0 Å². The van der Waals surface area contributed by atoms with Gasteiger partial charge in [-0.15, -0.1) is 13.2 Å². The quantitative estimate of drug-likeness (QED) is 0.763. The van der Waals surface area contributed by atoms with E-state index in [1.165, 1.54) is 12.1 Å². The first-order chi connectivity index (χ1) is 10.6. The van der Waals surface area contributed by atoms with Crippen LogP contribution in [-0.4, -0.2) is 18.5 Å². The van der Waals surface area contributed by atoms with Crippen LogP contribution in [0.5, 0.6) is 11.5 Å². The molecular weight excluding hydrogens is 328 g/mol. The Morgan fingerprint density at radius 3 is 2.26 bits per heavy atom. The molecule has 1 heterocycles. The number of hydrogen-bond acceptors (Lipinski definition) is 3. The Kier molecular flexibility index (Phi) is 4.39. The Morgan fingerprint density at radius 2 is 1.70 bits per heavy atom. The van der Waals surface area contributed by atoms with Crippen molar-refractivity contribution in [3.8, 4) is 22.8 Å². The summed E-state index contributed by atoms with van der Waals surface area (Å²) >= 11 is 0. The number of aromatic nitrogens is 1. The molecule has 0 aliphatic rings. The van der Waals surface area contributed by atoms with E-state index >= 15 is 0 Å². The molecule has 0 unspecified atom stereocenters. The Balaban J connectivity index is 2.44. The topological polar surface area (TPSA) is 31.4 Å². The molecule has 2 rings (SSSR count). The van der Waals surface area contributed by atoms with E-state index < -0.39 is 23.9 Å². The van der Waals surface area contributed by atoms with Crippen molar-refractivity contribution in [3.63, 3.8) is 0 Å². The van der Waals surface area contributed by atoms with Crippen molar-refractivity contribution < 1.29 is 35.8 Å². The predicted octanol–water partition coefficient (Wildman–Crippen LogP) is 4.67. The molecule has 0 spiro atoms. The lowest BCUT2D eigenvalue weighted by Crippen LogP contribution is -2.17. The van der Waals surface area contributed by atoms with E-state index in [1.54, 1.807) is 0 Å². The Hall–Kier alpha value is -2.45. The van der Waals surface area contributed by atoms with Crippen molar-refractivity contribution >= 4 is 0 Å². The summed E-state index contributed by atoms with van der Waals surface area (Å²) < 4.78 is 83.2. The lowest BCUT2D eigenvalue weighted by atomic mass is 10.1. The van der Waals surface area contributed by atoms with Gasteiger partial charge < -0.3 is 9.47 Å². The Bertz CT molecular complexity index is 696. The molecule has 1 aromatic heterocycles. The van der Waals surface area contributed by atoms with Crippen LogP contribution < -0.4 is 9.47 Å². The molecule has 9 heteroatoms. The van der Waals surface area contributed by atoms with Crippen LogP contribution >= 0.6 is 0 Å². The van der Waals surface area contributed by atoms with Crippen LogP contribution in [0.3, 0.4) is 0 Å². The Morgan fingerprint density at radius 1 is 1.00 bits per heavy atom. The zero-order valence-corrected chi connectivity index (χ0v) is 11.5. The second kappa shape index (κ2) is 5.98. The van der Waals surface area contributed by atoms with Crippen molar-refractivity contribution in [2.75, 3.05) is 7.11 Å². The van der Waals surface area contributed by atoms with E-state index in [-0.39, 0.29) is 17.0 Å². The van der Waals surface area contributed by atoms with Crippen molar-refractivity contribution in [2.24, 2.45) is 0 Å². The van der Waals surface area contributed by atoms with Crippen LogP contribution in [0.2, 0.25) is 0 Å². The third kappa shape index (κ3) is 4.27. The van der Waals surface area contributed by atoms with Gasteiger partial charge in [-0.3, -0.25) is 4.98 Å². The first-order valence-corrected chi connectivity index (χ1v) is 6.07. The molecule has 0 saturated heterocycles. The molecule has 0 aliphatic heterocycles.